The van der Waals surface area contributed by atoms with Crippen LogP contribution in [0.5, 0.6) is 0 Å². The second-order valence-corrected chi connectivity index (χ2v) is 9.52. The SMILES string of the molecule is CN(C)c1ccc(-c2nnnn2[C@@H]2CO[C@@H]3[C@@H]2OC[C@@H]3NC(=S)NC2CCCCC2)cc1. The summed E-state index contributed by atoms with van der Waals surface area (Å²) in [7, 11) is 4.04. The van der Waals surface area contributed by atoms with E-state index in [-0.39, 0.29) is 24.3 Å². The van der Waals surface area contributed by atoms with Crippen molar-refractivity contribution in [2.45, 2.75) is 62.4 Å². The fraction of sp³-hybridized carbons (Fsp3) is 0.636. The number of hydrogen-bond acceptors (Lipinski definition) is 7. The first kappa shape index (κ1) is 21.5. The summed E-state index contributed by atoms with van der Waals surface area (Å²) < 4.78 is 14.2. The van der Waals surface area contributed by atoms with Gasteiger partial charge in [-0.25, -0.2) is 4.68 Å². The van der Waals surface area contributed by atoms with Crippen LogP contribution in [0.4, 0.5) is 5.69 Å². The summed E-state index contributed by atoms with van der Waals surface area (Å²) in [5.41, 5.74) is 2.09. The zero-order valence-electron chi connectivity index (χ0n) is 18.6. The number of thiocarbonyl (C=S) groups is 1. The Bertz CT molecular complexity index is 929. The third kappa shape index (κ3) is 4.31. The van der Waals surface area contributed by atoms with Gasteiger partial charge in [-0.1, -0.05) is 19.3 Å². The second-order valence-electron chi connectivity index (χ2n) is 9.11. The summed E-state index contributed by atoms with van der Waals surface area (Å²) in [5.74, 6) is 0.721. The molecule has 5 rings (SSSR count). The van der Waals surface area contributed by atoms with Crippen molar-refractivity contribution in [3.05, 3.63) is 24.3 Å². The third-order valence-electron chi connectivity index (χ3n) is 6.73. The fourth-order valence-corrected chi connectivity index (χ4v) is 5.29. The lowest BCUT2D eigenvalue weighted by atomic mass is 9.96. The zero-order valence-corrected chi connectivity index (χ0v) is 19.4. The van der Waals surface area contributed by atoms with Crippen molar-refractivity contribution >= 4 is 23.0 Å². The van der Waals surface area contributed by atoms with E-state index in [1.54, 1.807) is 0 Å². The average Bonchev–Trinajstić information content (AvgIpc) is 3.52. The van der Waals surface area contributed by atoms with E-state index in [0.29, 0.717) is 24.4 Å². The van der Waals surface area contributed by atoms with Gasteiger partial charge in [-0.05, 0) is 59.8 Å². The molecule has 0 amide bonds. The van der Waals surface area contributed by atoms with Gasteiger partial charge in [0.15, 0.2) is 10.9 Å². The van der Waals surface area contributed by atoms with E-state index < -0.39 is 0 Å². The number of aromatic nitrogens is 4. The van der Waals surface area contributed by atoms with E-state index in [2.05, 4.69) is 43.2 Å². The molecule has 3 aliphatic rings. The molecule has 4 atom stereocenters. The summed E-state index contributed by atoms with van der Waals surface area (Å²) in [6.07, 6.45) is 6.04. The first-order valence-electron chi connectivity index (χ1n) is 11.5. The van der Waals surface area contributed by atoms with Crippen molar-refractivity contribution in [3.63, 3.8) is 0 Å². The van der Waals surface area contributed by atoms with Gasteiger partial charge >= 0.3 is 0 Å². The van der Waals surface area contributed by atoms with E-state index in [9.17, 15) is 0 Å². The third-order valence-corrected chi connectivity index (χ3v) is 6.97. The number of anilines is 1. The molecule has 0 radical (unpaired) electrons. The van der Waals surface area contributed by atoms with Gasteiger partial charge < -0.3 is 25.0 Å². The minimum Gasteiger partial charge on any atom is -0.378 e. The largest absolute Gasteiger partial charge is 0.378 e. The van der Waals surface area contributed by atoms with Gasteiger partial charge in [0.25, 0.3) is 0 Å². The predicted molar refractivity (Wildman–Crippen MR) is 126 cm³/mol. The molecule has 2 aliphatic heterocycles. The van der Waals surface area contributed by atoms with E-state index in [1.807, 2.05) is 30.9 Å². The van der Waals surface area contributed by atoms with Crippen molar-refractivity contribution in [3.8, 4) is 11.4 Å². The Morgan fingerprint density at radius 3 is 2.53 bits per heavy atom. The number of tetrazole rings is 1. The molecule has 1 aromatic carbocycles. The molecule has 3 fully saturated rings. The lowest BCUT2D eigenvalue weighted by molar-refractivity contribution is 0.0626. The number of fused-ring (bicyclic) bond motifs is 1. The number of ether oxygens (including phenoxy) is 2. The van der Waals surface area contributed by atoms with E-state index >= 15 is 0 Å². The molecule has 172 valence electrons. The minimum absolute atomic E-state index is 0.0212. The smallest absolute Gasteiger partial charge is 0.182 e. The van der Waals surface area contributed by atoms with Gasteiger partial charge in [-0.15, -0.1) is 5.10 Å². The highest BCUT2D eigenvalue weighted by Crippen LogP contribution is 2.36. The van der Waals surface area contributed by atoms with Gasteiger partial charge in [-0.2, -0.15) is 0 Å². The standard InChI is InChI=1S/C22H31N7O2S/c1-28(2)16-10-8-14(9-11-16)21-25-26-27-29(21)18-13-31-19-17(12-30-20(18)19)24-22(32)23-15-6-4-3-5-7-15/h8-11,15,17-20H,3-7,12-13H2,1-2H3,(H2,23,24,32)/t17-,18+,19-,20+/m0/s1. The lowest BCUT2D eigenvalue weighted by Crippen LogP contribution is -2.50. The molecule has 1 saturated carbocycles. The highest BCUT2D eigenvalue weighted by atomic mass is 32.1. The maximum absolute atomic E-state index is 6.16. The maximum atomic E-state index is 6.16. The number of hydrogen-bond donors (Lipinski definition) is 2. The number of nitrogens with zero attached hydrogens (tertiary/aromatic N) is 5. The average molecular weight is 458 g/mol. The molecule has 0 spiro atoms. The molecule has 2 saturated heterocycles. The molecule has 0 bridgehead atoms. The Morgan fingerprint density at radius 1 is 1.03 bits per heavy atom. The van der Waals surface area contributed by atoms with Crippen molar-refractivity contribution < 1.29 is 9.47 Å². The molecule has 2 N–H and O–H groups in total. The molecule has 1 aromatic heterocycles. The van der Waals surface area contributed by atoms with Crippen molar-refractivity contribution in [2.75, 3.05) is 32.2 Å². The van der Waals surface area contributed by atoms with Crippen LogP contribution in [-0.2, 0) is 9.47 Å². The lowest BCUT2D eigenvalue weighted by Gasteiger charge is -2.26. The first-order valence-corrected chi connectivity index (χ1v) is 11.9. The van der Waals surface area contributed by atoms with Crippen molar-refractivity contribution in [1.82, 2.24) is 30.8 Å². The summed E-state index contributed by atoms with van der Waals surface area (Å²) in [6, 6.07) is 8.63. The van der Waals surface area contributed by atoms with E-state index in [1.165, 1.54) is 32.1 Å². The zero-order chi connectivity index (χ0) is 22.1. The van der Waals surface area contributed by atoms with Crippen LogP contribution in [0.3, 0.4) is 0 Å². The molecule has 1 aliphatic carbocycles. The van der Waals surface area contributed by atoms with E-state index in [0.717, 1.165) is 17.1 Å². The molecular formula is C22H31N7O2S. The number of benzene rings is 1. The van der Waals surface area contributed by atoms with Gasteiger partial charge in [0, 0.05) is 31.4 Å². The van der Waals surface area contributed by atoms with Crippen LogP contribution in [-0.4, -0.2) is 76.9 Å². The van der Waals surface area contributed by atoms with Gasteiger partial charge in [-0.3, -0.25) is 0 Å². The van der Waals surface area contributed by atoms with Crippen molar-refractivity contribution in [2.24, 2.45) is 0 Å². The Labute approximate surface area is 193 Å². The van der Waals surface area contributed by atoms with Crippen LogP contribution in [0.1, 0.15) is 38.1 Å². The molecule has 32 heavy (non-hydrogen) atoms. The molecular weight excluding hydrogens is 426 g/mol. The van der Waals surface area contributed by atoms with Crippen LogP contribution < -0.4 is 15.5 Å². The Morgan fingerprint density at radius 2 is 1.78 bits per heavy atom. The van der Waals surface area contributed by atoms with Gasteiger partial charge in [0.1, 0.15) is 18.2 Å². The summed E-state index contributed by atoms with van der Waals surface area (Å²) in [6.45, 7) is 1.05. The Hall–Kier alpha value is -2.30. The molecule has 0 unspecified atom stereocenters. The highest BCUT2D eigenvalue weighted by Gasteiger charge is 2.49. The minimum atomic E-state index is -0.117. The van der Waals surface area contributed by atoms with Gasteiger partial charge in [0.2, 0.25) is 0 Å². The summed E-state index contributed by atoms with van der Waals surface area (Å²) in [5, 5.41) is 20.1. The molecule has 9 nitrogen and oxygen atoms in total. The summed E-state index contributed by atoms with van der Waals surface area (Å²) >= 11 is 5.58. The highest BCUT2D eigenvalue weighted by molar-refractivity contribution is 7.80. The predicted octanol–water partition coefficient (Wildman–Crippen LogP) is 1.91. The van der Waals surface area contributed by atoms with Crippen LogP contribution in [0.25, 0.3) is 11.4 Å². The maximum Gasteiger partial charge on any atom is 0.182 e. The quantitative estimate of drug-likeness (QED) is 0.654. The van der Waals surface area contributed by atoms with Crippen LogP contribution in [0.15, 0.2) is 24.3 Å². The molecule has 2 aromatic rings. The van der Waals surface area contributed by atoms with E-state index in [4.69, 9.17) is 21.7 Å². The fourth-order valence-electron chi connectivity index (χ4n) is 4.97. The normalized spacial score (nSPS) is 27.8. The Balaban J connectivity index is 1.24. The van der Waals surface area contributed by atoms with Crippen LogP contribution in [0.2, 0.25) is 0 Å². The summed E-state index contributed by atoms with van der Waals surface area (Å²) in [4.78, 5) is 2.06. The number of rotatable bonds is 5. The molecule has 3 heterocycles. The first-order chi connectivity index (χ1) is 15.6. The van der Waals surface area contributed by atoms with Gasteiger partial charge in [0.05, 0.1) is 19.3 Å². The van der Waals surface area contributed by atoms with Crippen molar-refractivity contribution in [1.29, 1.82) is 0 Å². The monoisotopic (exact) mass is 457 g/mol. The topological polar surface area (TPSA) is 89.4 Å². The van der Waals surface area contributed by atoms with Crippen LogP contribution >= 0.6 is 12.2 Å². The second kappa shape index (κ2) is 9.29. The molecule has 10 heteroatoms. The number of nitrogens with one attached hydrogen (secondary N) is 2. The Kier molecular flexibility index (Phi) is 6.25. The van der Waals surface area contributed by atoms with Crippen LogP contribution in [0, 0.1) is 0 Å².